The van der Waals surface area contributed by atoms with Crippen molar-refractivity contribution in [1.82, 2.24) is 14.6 Å². The Hall–Kier alpha value is -2.11. The number of aryl methyl sites for hydroxylation is 1. The Kier molecular flexibility index (Phi) is 4.29. The number of hydrogen-bond acceptors (Lipinski definition) is 4. The van der Waals surface area contributed by atoms with Crippen LogP contribution in [-0.2, 0) is 12.8 Å². The Balaban J connectivity index is 1.68. The van der Waals surface area contributed by atoms with Gasteiger partial charge in [0.1, 0.15) is 5.82 Å². The fourth-order valence-corrected chi connectivity index (χ4v) is 4.49. The van der Waals surface area contributed by atoms with Crippen LogP contribution in [0.1, 0.15) is 36.9 Å². The summed E-state index contributed by atoms with van der Waals surface area (Å²) in [5.41, 5.74) is 5.34. The molecular formula is C21H23ClN4O. The molecule has 6 heteroatoms. The van der Waals surface area contributed by atoms with Gasteiger partial charge in [-0.25, -0.2) is 4.98 Å². The van der Waals surface area contributed by atoms with E-state index in [0.717, 1.165) is 60.0 Å². The minimum atomic E-state index is -0.271. The summed E-state index contributed by atoms with van der Waals surface area (Å²) < 4.78 is 1.99. The highest BCUT2D eigenvalue weighted by Crippen LogP contribution is 2.33. The zero-order valence-electron chi connectivity index (χ0n) is 15.2. The molecule has 0 amide bonds. The number of aromatic nitrogens is 3. The summed E-state index contributed by atoms with van der Waals surface area (Å²) in [7, 11) is 0. The van der Waals surface area contributed by atoms with E-state index < -0.39 is 0 Å². The van der Waals surface area contributed by atoms with Gasteiger partial charge in [-0.1, -0.05) is 23.7 Å². The van der Waals surface area contributed by atoms with E-state index >= 15 is 0 Å². The second-order valence-corrected chi connectivity index (χ2v) is 8.05. The Morgan fingerprint density at radius 1 is 1.07 bits per heavy atom. The highest BCUT2D eigenvalue weighted by atomic mass is 35.5. The molecule has 1 atom stereocenters. The van der Waals surface area contributed by atoms with Crippen LogP contribution in [0.2, 0.25) is 5.02 Å². The number of β-amino-alcohol motifs (C(OH)–C–C–N with tert-alkyl or cyclic N) is 1. The molecule has 2 aliphatic rings. The molecule has 1 saturated heterocycles. The van der Waals surface area contributed by atoms with E-state index in [1.165, 1.54) is 24.1 Å². The van der Waals surface area contributed by atoms with Gasteiger partial charge in [-0.3, -0.25) is 0 Å². The molecule has 0 bridgehead atoms. The summed E-state index contributed by atoms with van der Waals surface area (Å²) >= 11 is 6.04. The van der Waals surface area contributed by atoms with Gasteiger partial charge < -0.3 is 10.0 Å². The third-order valence-corrected chi connectivity index (χ3v) is 5.94. The van der Waals surface area contributed by atoms with E-state index in [1.807, 2.05) is 28.8 Å². The van der Waals surface area contributed by atoms with Crippen LogP contribution < -0.4 is 4.90 Å². The SMILES string of the molecule is O[C@H]1CCCN(c2c3c(nc4cc(-c5ccc(Cl)cc5)nn24)CCCC3)C1. The maximum absolute atomic E-state index is 10.2. The Morgan fingerprint density at radius 3 is 2.70 bits per heavy atom. The first kappa shape index (κ1) is 17.0. The lowest BCUT2D eigenvalue weighted by Crippen LogP contribution is -2.40. The molecular weight excluding hydrogens is 360 g/mol. The minimum absolute atomic E-state index is 0.271. The van der Waals surface area contributed by atoms with Gasteiger partial charge in [-0.15, -0.1) is 0 Å². The average Bonchev–Trinajstić information content (AvgIpc) is 3.10. The van der Waals surface area contributed by atoms with Gasteiger partial charge in [0.25, 0.3) is 0 Å². The lowest BCUT2D eigenvalue weighted by molar-refractivity contribution is 0.153. The minimum Gasteiger partial charge on any atom is -0.391 e. The summed E-state index contributed by atoms with van der Waals surface area (Å²) in [6.45, 7) is 1.63. The smallest absolute Gasteiger partial charge is 0.158 e. The Morgan fingerprint density at radius 2 is 1.89 bits per heavy atom. The maximum Gasteiger partial charge on any atom is 0.158 e. The first-order valence-electron chi connectivity index (χ1n) is 9.79. The lowest BCUT2D eigenvalue weighted by Gasteiger charge is -2.34. The number of hydrogen-bond donors (Lipinski definition) is 1. The van der Waals surface area contributed by atoms with Crippen LogP contribution in [0.4, 0.5) is 5.82 Å². The van der Waals surface area contributed by atoms with Gasteiger partial charge in [0.2, 0.25) is 0 Å². The van der Waals surface area contributed by atoms with Crippen molar-refractivity contribution in [2.24, 2.45) is 0 Å². The van der Waals surface area contributed by atoms with Crippen molar-refractivity contribution in [3.8, 4) is 11.3 Å². The first-order valence-corrected chi connectivity index (χ1v) is 10.2. The number of rotatable bonds is 2. The predicted octanol–water partition coefficient (Wildman–Crippen LogP) is 3.89. The van der Waals surface area contributed by atoms with Crippen molar-refractivity contribution in [1.29, 1.82) is 0 Å². The Bertz CT molecular complexity index is 982. The van der Waals surface area contributed by atoms with Crippen LogP contribution in [0.25, 0.3) is 16.9 Å². The number of nitrogens with zero attached hydrogens (tertiary/aromatic N) is 4. The number of aliphatic hydroxyl groups is 1. The van der Waals surface area contributed by atoms with Crippen LogP contribution in [0, 0.1) is 0 Å². The molecule has 1 aliphatic heterocycles. The molecule has 27 heavy (non-hydrogen) atoms. The van der Waals surface area contributed by atoms with Crippen molar-refractivity contribution < 1.29 is 5.11 Å². The van der Waals surface area contributed by atoms with Gasteiger partial charge in [0.15, 0.2) is 5.65 Å². The number of piperidine rings is 1. The summed E-state index contributed by atoms with van der Waals surface area (Å²) in [6, 6.07) is 9.83. The molecule has 3 aromatic rings. The number of fused-ring (bicyclic) bond motifs is 2. The zero-order chi connectivity index (χ0) is 18.4. The van der Waals surface area contributed by atoms with Crippen LogP contribution in [-0.4, -0.2) is 38.9 Å². The zero-order valence-corrected chi connectivity index (χ0v) is 16.0. The number of anilines is 1. The van der Waals surface area contributed by atoms with E-state index in [2.05, 4.69) is 11.0 Å². The third-order valence-electron chi connectivity index (χ3n) is 5.69. The monoisotopic (exact) mass is 382 g/mol. The molecule has 1 aromatic carbocycles. The third kappa shape index (κ3) is 3.09. The van der Waals surface area contributed by atoms with Crippen molar-refractivity contribution in [3.63, 3.8) is 0 Å². The highest BCUT2D eigenvalue weighted by Gasteiger charge is 2.27. The normalized spacial score (nSPS) is 20.1. The molecule has 3 heterocycles. The standard InChI is InChI=1S/C21H23ClN4O/c22-15-9-7-14(8-10-15)19-12-20-23-18-6-2-1-5-17(18)21(26(20)24-19)25-11-3-4-16(27)13-25/h7-10,12,16,27H,1-6,11,13H2/t16-/m0/s1. The quantitative estimate of drug-likeness (QED) is 0.730. The van der Waals surface area contributed by atoms with E-state index in [1.54, 1.807) is 0 Å². The molecule has 1 aliphatic carbocycles. The fourth-order valence-electron chi connectivity index (χ4n) is 4.36. The van der Waals surface area contributed by atoms with Gasteiger partial charge >= 0.3 is 0 Å². The molecule has 5 nitrogen and oxygen atoms in total. The number of aliphatic hydroxyl groups excluding tert-OH is 1. The van der Waals surface area contributed by atoms with Crippen molar-refractivity contribution in [3.05, 3.63) is 46.6 Å². The van der Waals surface area contributed by atoms with Crippen LogP contribution in [0.15, 0.2) is 30.3 Å². The van der Waals surface area contributed by atoms with Crippen LogP contribution >= 0.6 is 11.6 Å². The second-order valence-electron chi connectivity index (χ2n) is 7.62. The van der Waals surface area contributed by atoms with Gasteiger partial charge in [-0.2, -0.15) is 9.61 Å². The fraction of sp³-hybridized carbons (Fsp3) is 0.429. The largest absolute Gasteiger partial charge is 0.391 e. The molecule has 0 radical (unpaired) electrons. The summed E-state index contributed by atoms with van der Waals surface area (Å²) in [5, 5.41) is 15.9. The summed E-state index contributed by atoms with van der Waals surface area (Å²) in [6.07, 6.45) is 6.05. The average molecular weight is 383 g/mol. The first-order chi connectivity index (χ1) is 13.2. The molecule has 0 spiro atoms. The van der Waals surface area contributed by atoms with E-state index in [4.69, 9.17) is 21.7 Å². The van der Waals surface area contributed by atoms with Gasteiger partial charge in [0.05, 0.1) is 11.8 Å². The van der Waals surface area contributed by atoms with Crippen molar-refractivity contribution in [2.45, 2.75) is 44.6 Å². The lowest BCUT2D eigenvalue weighted by atomic mass is 9.95. The van der Waals surface area contributed by atoms with Crippen LogP contribution in [0.3, 0.4) is 0 Å². The molecule has 5 rings (SSSR count). The van der Waals surface area contributed by atoms with E-state index in [0.29, 0.717) is 6.54 Å². The summed E-state index contributed by atoms with van der Waals surface area (Å²) in [4.78, 5) is 7.25. The van der Waals surface area contributed by atoms with Gasteiger partial charge in [-0.05, 0) is 50.7 Å². The van der Waals surface area contributed by atoms with Crippen molar-refractivity contribution in [2.75, 3.05) is 18.0 Å². The van der Waals surface area contributed by atoms with E-state index in [-0.39, 0.29) is 6.10 Å². The molecule has 2 aromatic heterocycles. The molecule has 140 valence electrons. The molecule has 1 fully saturated rings. The topological polar surface area (TPSA) is 53.7 Å². The van der Waals surface area contributed by atoms with Gasteiger partial charge in [0, 0.05) is 41.0 Å². The predicted molar refractivity (Wildman–Crippen MR) is 108 cm³/mol. The summed E-state index contributed by atoms with van der Waals surface area (Å²) in [5.74, 6) is 1.13. The van der Waals surface area contributed by atoms with Crippen molar-refractivity contribution >= 4 is 23.1 Å². The highest BCUT2D eigenvalue weighted by molar-refractivity contribution is 6.30. The van der Waals surface area contributed by atoms with E-state index in [9.17, 15) is 5.11 Å². The number of benzene rings is 1. The molecule has 1 N–H and O–H groups in total. The molecule has 0 unspecified atom stereocenters. The Labute approximate surface area is 163 Å². The van der Waals surface area contributed by atoms with Crippen LogP contribution in [0.5, 0.6) is 0 Å². The maximum atomic E-state index is 10.2. The molecule has 0 saturated carbocycles. The number of halogens is 1. The second kappa shape index (κ2) is 6.80.